The maximum atomic E-state index is 13.4. The molecule has 0 aliphatic rings. The summed E-state index contributed by atoms with van der Waals surface area (Å²) in [7, 11) is 0. The number of halogens is 3. The summed E-state index contributed by atoms with van der Waals surface area (Å²) in [5.41, 5.74) is 2.21. The second kappa shape index (κ2) is 6.58. The number of aromatic amines is 1. The predicted octanol–water partition coefficient (Wildman–Crippen LogP) is 4.04. The number of benzene rings is 1. The van der Waals surface area contributed by atoms with Crippen LogP contribution in [0.4, 0.5) is 4.39 Å². The molecule has 1 aromatic heterocycles. The zero-order valence-electron chi connectivity index (χ0n) is 11.5. The van der Waals surface area contributed by atoms with Gasteiger partial charge in [0.05, 0.1) is 16.8 Å². The molecule has 112 valence electrons. The Morgan fingerprint density at radius 3 is 2.90 bits per heavy atom. The Morgan fingerprint density at radius 1 is 1.52 bits per heavy atom. The minimum absolute atomic E-state index is 0.283. The number of H-pyrrole nitrogens is 1. The van der Waals surface area contributed by atoms with Crippen molar-refractivity contribution >= 4 is 33.5 Å². The highest BCUT2D eigenvalue weighted by Crippen LogP contribution is 2.27. The quantitative estimate of drug-likeness (QED) is 0.648. The lowest BCUT2D eigenvalue weighted by molar-refractivity contribution is 0.0524. The van der Waals surface area contributed by atoms with Crippen molar-refractivity contribution in [1.82, 2.24) is 10.2 Å². The van der Waals surface area contributed by atoms with Gasteiger partial charge in [0.15, 0.2) is 0 Å². The zero-order valence-corrected chi connectivity index (χ0v) is 13.8. The topological polar surface area (TPSA) is 55.0 Å². The van der Waals surface area contributed by atoms with Gasteiger partial charge in [0.25, 0.3) is 0 Å². The Kier molecular flexibility index (Phi) is 5.00. The molecule has 0 aliphatic heterocycles. The molecule has 2 aromatic rings. The minimum Gasteiger partial charge on any atom is -0.462 e. The molecule has 0 fully saturated rings. The number of aryl methyl sites for hydroxylation is 1. The molecular formula is C14H13BrClFN2O2. The second-order valence-electron chi connectivity index (χ2n) is 4.43. The third-order valence-corrected chi connectivity index (χ3v) is 3.91. The Hall–Kier alpha value is -1.40. The van der Waals surface area contributed by atoms with Crippen molar-refractivity contribution in [3.63, 3.8) is 0 Å². The molecule has 7 heteroatoms. The maximum absolute atomic E-state index is 13.4. The number of hydrogen-bond acceptors (Lipinski definition) is 3. The average Bonchev–Trinajstić information content (AvgIpc) is 2.77. The summed E-state index contributed by atoms with van der Waals surface area (Å²) in [5.74, 6) is -0.872. The second-order valence-corrected chi connectivity index (χ2v) is 5.69. The lowest BCUT2D eigenvalue weighted by Crippen LogP contribution is -2.08. The molecule has 0 radical (unpaired) electrons. The molecule has 0 bridgehead atoms. The highest BCUT2D eigenvalue weighted by atomic mass is 79.9. The molecule has 21 heavy (non-hydrogen) atoms. The zero-order chi connectivity index (χ0) is 15.6. The SMILES string of the molecule is CCOC(=O)c1c(Cc2cc(Br)c(F)cc2Cl)n[nH]c1C. The van der Waals surface area contributed by atoms with Gasteiger partial charge in [-0.05, 0) is 47.5 Å². The normalized spacial score (nSPS) is 10.7. The molecule has 0 aliphatic carbocycles. The largest absolute Gasteiger partial charge is 0.462 e. The summed E-state index contributed by atoms with van der Waals surface area (Å²) in [4.78, 5) is 12.0. The van der Waals surface area contributed by atoms with Crippen LogP contribution in [0.2, 0.25) is 5.02 Å². The van der Waals surface area contributed by atoms with Gasteiger partial charge in [-0.1, -0.05) is 11.6 Å². The van der Waals surface area contributed by atoms with E-state index in [9.17, 15) is 9.18 Å². The number of ether oxygens (including phenoxy) is 1. The summed E-state index contributed by atoms with van der Waals surface area (Å²) in [6.45, 7) is 3.76. The highest BCUT2D eigenvalue weighted by Gasteiger charge is 2.20. The smallest absolute Gasteiger partial charge is 0.341 e. The van der Waals surface area contributed by atoms with Crippen molar-refractivity contribution in [1.29, 1.82) is 0 Å². The van der Waals surface area contributed by atoms with Gasteiger partial charge in [-0.2, -0.15) is 5.10 Å². The number of carbonyl (C=O) groups is 1. The van der Waals surface area contributed by atoms with E-state index in [-0.39, 0.29) is 11.6 Å². The molecule has 0 saturated carbocycles. The fourth-order valence-corrected chi connectivity index (χ4v) is 2.57. The van der Waals surface area contributed by atoms with Crippen LogP contribution in [-0.2, 0) is 11.2 Å². The number of hydrogen-bond donors (Lipinski definition) is 1. The van der Waals surface area contributed by atoms with E-state index in [0.717, 1.165) is 0 Å². The van der Waals surface area contributed by atoms with E-state index in [1.165, 1.54) is 6.07 Å². The van der Waals surface area contributed by atoms with Crippen LogP contribution in [0.1, 0.15) is 34.2 Å². The predicted molar refractivity (Wildman–Crippen MR) is 81.2 cm³/mol. The molecule has 2 rings (SSSR count). The lowest BCUT2D eigenvalue weighted by atomic mass is 10.1. The van der Waals surface area contributed by atoms with Crippen LogP contribution < -0.4 is 0 Å². The van der Waals surface area contributed by atoms with Crippen LogP contribution in [0.15, 0.2) is 16.6 Å². The molecule has 1 N–H and O–H groups in total. The molecule has 0 spiro atoms. The van der Waals surface area contributed by atoms with Crippen LogP contribution in [0.3, 0.4) is 0 Å². The lowest BCUT2D eigenvalue weighted by Gasteiger charge is -2.07. The fraction of sp³-hybridized carbons (Fsp3) is 0.286. The van der Waals surface area contributed by atoms with E-state index < -0.39 is 11.8 Å². The van der Waals surface area contributed by atoms with Crippen molar-refractivity contribution in [2.45, 2.75) is 20.3 Å². The molecular weight excluding hydrogens is 363 g/mol. The van der Waals surface area contributed by atoms with Crippen molar-refractivity contribution in [3.8, 4) is 0 Å². The van der Waals surface area contributed by atoms with Gasteiger partial charge in [0, 0.05) is 17.1 Å². The van der Waals surface area contributed by atoms with Crippen LogP contribution >= 0.6 is 27.5 Å². The van der Waals surface area contributed by atoms with Gasteiger partial charge in [-0.3, -0.25) is 5.10 Å². The Morgan fingerprint density at radius 2 is 2.24 bits per heavy atom. The first kappa shape index (κ1) is 16.0. The standard InChI is InChI=1S/C14H13BrClFN2O2/c1-3-21-14(20)13-7(2)18-19-12(13)5-8-4-9(15)11(17)6-10(8)16/h4,6H,3,5H2,1-2H3,(H,18,19). The Labute approximate surface area is 134 Å². The van der Waals surface area contributed by atoms with Crippen LogP contribution in [0, 0.1) is 12.7 Å². The monoisotopic (exact) mass is 374 g/mol. The number of rotatable bonds is 4. The summed E-state index contributed by atoms with van der Waals surface area (Å²) < 4.78 is 18.7. The Bertz CT molecular complexity index is 688. The van der Waals surface area contributed by atoms with E-state index in [0.29, 0.717) is 33.4 Å². The summed E-state index contributed by atoms with van der Waals surface area (Å²) in [5, 5.41) is 7.16. The van der Waals surface area contributed by atoms with Crippen molar-refractivity contribution in [3.05, 3.63) is 50.0 Å². The van der Waals surface area contributed by atoms with Gasteiger partial charge in [-0.15, -0.1) is 0 Å². The molecule has 0 atom stereocenters. The first-order chi connectivity index (χ1) is 9.93. The third-order valence-electron chi connectivity index (χ3n) is 2.95. The molecule has 0 amide bonds. The summed E-state index contributed by atoms with van der Waals surface area (Å²) in [6.07, 6.45) is 0.302. The number of esters is 1. The van der Waals surface area contributed by atoms with Crippen molar-refractivity contribution < 1.29 is 13.9 Å². The van der Waals surface area contributed by atoms with E-state index in [1.807, 2.05) is 0 Å². The van der Waals surface area contributed by atoms with Gasteiger partial charge in [-0.25, -0.2) is 9.18 Å². The van der Waals surface area contributed by atoms with Crippen molar-refractivity contribution in [2.24, 2.45) is 0 Å². The first-order valence-electron chi connectivity index (χ1n) is 6.28. The van der Waals surface area contributed by atoms with E-state index in [1.54, 1.807) is 19.9 Å². The molecule has 0 saturated heterocycles. The minimum atomic E-state index is -0.437. The maximum Gasteiger partial charge on any atom is 0.341 e. The van der Waals surface area contributed by atoms with Crippen LogP contribution in [0.25, 0.3) is 0 Å². The van der Waals surface area contributed by atoms with Crippen LogP contribution in [0.5, 0.6) is 0 Å². The van der Waals surface area contributed by atoms with Crippen molar-refractivity contribution in [2.75, 3.05) is 6.61 Å². The van der Waals surface area contributed by atoms with Crippen LogP contribution in [-0.4, -0.2) is 22.8 Å². The van der Waals surface area contributed by atoms with Gasteiger partial charge in [0.2, 0.25) is 0 Å². The average molecular weight is 376 g/mol. The molecule has 0 unspecified atom stereocenters. The van der Waals surface area contributed by atoms with E-state index >= 15 is 0 Å². The summed E-state index contributed by atoms with van der Waals surface area (Å²) >= 11 is 9.15. The van der Waals surface area contributed by atoms with Gasteiger partial charge < -0.3 is 4.74 Å². The highest BCUT2D eigenvalue weighted by molar-refractivity contribution is 9.10. The first-order valence-corrected chi connectivity index (χ1v) is 7.45. The van der Waals surface area contributed by atoms with E-state index in [4.69, 9.17) is 16.3 Å². The van der Waals surface area contributed by atoms with Gasteiger partial charge in [0.1, 0.15) is 11.4 Å². The fourth-order valence-electron chi connectivity index (χ4n) is 1.96. The number of aromatic nitrogens is 2. The molecule has 1 heterocycles. The number of nitrogens with one attached hydrogen (secondary N) is 1. The third kappa shape index (κ3) is 3.44. The number of carbonyl (C=O) groups excluding carboxylic acids is 1. The molecule has 1 aromatic carbocycles. The van der Waals surface area contributed by atoms with E-state index in [2.05, 4.69) is 26.1 Å². The van der Waals surface area contributed by atoms with Gasteiger partial charge >= 0.3 is 5.97 Å². The number of nitrogens with zero attached hydrogens (tertiary/aromatic N) is 1. The summed E-state index contributed by atoms with van der Waals surface area (Å²) in [6, 6.07) is 2.81. The molecule has 4 nitrogen and oxygen atoms in total. The Balaban J connectivity index is 2.37.